The van der Waals surface area contributed by atoms with Gasteiger partial charge in [-0.25, -0.2) is 4.79 Å². The number of amides is 4. The van der Waals surface area contributed by atoms with E-state index in [1.807, 2.05) is 87.5 Å². The first-order chi connectivity index (χ1) is 27.8. The summed E-state index contributed by atoms with van der Waals surface area (Å²) in [4.78, 5) is 57.3. The van der Waals surface area contributed by atoms with Crippen LogP contribution >= 0.6 is 23.1 Å². The molecule has 296 valence electrons. The Kier molecular flexibility index (Phi) is 13.2. The van der Waals surface area contributed by atoms with Gasteiger partial charge in [0.2, 0.25) is 5.91 Å². The molecule has 4 amide bonds. The molecule has 5 aromatic rings. The van der Waals surface area contributed by atoms with E-state index in [2.05, 4.69) is 35.9 Å². The number of nitriles is 1. The zero-order chi connectivity index (χ0) is 41.4. The Morgan fingerprint density at radius 3 is 2.22 bits per heavy atom. The van der Waals surface area contributed by atoms with Gasteiger partial charge in [0.05, 0.1) is 12.1 Å². The van der Waals surface area contributed by atoms with Crippen LogP contribution in [0.25, 0.3) is 6.08 Å². The minimum absolute atomic E-state index is 0.0619. The van der Waals surface area contributed by atoms with Gasteiger partial charge in [-0.3, -0.25) is 14.4 Å². The predicted octanol–water partition coefficient (Wildman–Crippen LogP) is 9.92. The summed E-state index contributed by atoms with van der Waals surface area (Å²) in [6.07, 6.45) is 1.69. The number of nitrogens with one attached hydrogen (secondary N) is 3. The topological polar surface area (TPSA) is 141 Å². The minimum Gasteiger partial charge on any atom is -0.444 e. The summed E-state index contributed by atoms with van der Waals surface area (Å²) in [6.45, 7) is 10.3. The third-order valence-electron chi connectivity index (χ3n) is 9.19. The van der Waals surface area contributed by atoms with Gasteiger partial charge in [-0.15, -0.1) is 23.1 Å². The average molecular weight is 812 g/mol. The summed E-state index contributed by atoms with van der Waals surface area (Å²) in [5.41, 5.74) is 4.17. The summed E-state index contributed by atoms with van der Waals surface area (Å²) < 4.78 is 5.58. The van der Waals surface area contributed by atoms with Crippen molar-refractivity contribution in [2.24, 2.45) is 0 Å². The van der Waals surface area contributed by atoms with Crippen molar-refractivity contribution in [2.45, 2.75) is 69.2 Å². The van der Waals surface area contributed by atoms with Crippen molar-refractivity contribution < 1.29 is 23.9 Å². The fraction of sp³-hybridized carbons (Fsp3) is 0.239. The first-order valence-electron chi connectivity index (χ1n) is 18.9. The lowest BCUT2D eigenvalue weighted by Crippen LogP contribution is -2.39. The maximum Gasteiger partial charge on any atom is 0.410 e. The van der Waals surface area contributed by atoms with Gasteiger partial charge in [-0.2, -0.15) is 5.26 Å². The van der Waals surface area contributed by atoms with Crippen LogP contribution < -0.4 is 16.0 Å². The Balaban J connectivity index is 1.22. The number of hydrogen-bond acceptors (Lipinski definition) is 8. The lowest BCUT2D eigenvalue weighted by atomic mass is 10.0. The van der Waals surface area contributed by atoms with Crippen LogP contribution in [-0.4, -0.2) is 40.9 Å². The molecule has 58 heavy (non-hydrogen) atoms. The maximum absolute atomic E-state index is 14.2. The molecule has 12 heteroatoms. The smallest absolute Gasteiger partial charge is 0.410 e. The predicted molar refractivity (Wildman–Crippen MR) is 231 cm³/mol. The normalized spacial score (nSPS) is 13.2. The van der Waals surface area contributed by atoms with E-state index in [0.717, 1.165) is 27.1 Å². The lowest BCUT2D eigenvalue weighted by molar-refractivity contribution is -0.116. The van der Waals surface area contributed by atoms with E-state index in [1.54, 1.807) is 53.4 Å². The van der Waals surface area contributed by atoms with Crippen LogP contribution in [0.4, 0.5) is 15.5 Å². The molecule has 3 N–H and O–H groups in total. The van der Waals surface area contributed by atoms with Crippen molar-refractivity contribution in [3.8, 4) is 6.07 Å². The van der Waals surface area contributed by atoms with Gasteiger partial charge >= 0.3 is 6.09 Å². The quantitative estimate of drug-likeness (QED) is 0.0891. The van der Waals surface area contributed by atoms with Crippen molar-refractivity contribution in [3.63, 3.8) is 0 Å². The molecular weight excluding hydrogens is 767 g/mol. The second-order valence-electron chi connectivity index (χ2n) is 15.1. The zero-order valence-electron chi connectivity index (χ0n) is 33.0. The van der Waals surface area contributed by atoms with Crippen LogP contribution in [0.3, 0.4) is 0 Å². The number of rotatable bonds is 11. The number of carbonyl (C=O) groups excluding carboxylic acids is 4. The van der Waals surface area contributed by atoms with E-state index < -0.39 is 28.8 Å². The monoisotopic (exact) mass is 811 g/mol. The van der Waals surface area contributed by atoms with E-state index in [-0.39, 0.29) is 18.1 Å². The number of thioether (sulfide) groups is 1. The number of ether oxygens (including phenoxy) is 1. The Morgan fingerprint density at radius 1 is 0.879 bits per heavy atom. The molecule has 1 unspecified atom stereocenters. The van der Waals surface area contributed by atoms with Crippen LogP contribution in [0, 0.1) is 11.3 Å². The number of nitrogens with zero attached hydrogens (tertiary/aromatic N) is 2. The molecule has 0 spiro atoms. The standard InChI is InChI=1S/C46H45N5O5S2/c1-29(2)31-21-19-30(20-22-31)25-38(49-41(52)33-15-10-7-11-16-33)42(53)48-34-17-12-18-35(26-34)57-40(32-13-8-6-9-14-32)43(54)50-44-37(27-47)36-23-24-51(28-39(36)58-44)45(55)56-46(3,4)5/h6-22,25-26,29,40H,23-24,28H2,1-5H3,(H,48,53)(H,49,52)(H,50,54)/b38-25+. The number of thiophene rings is 1. The fourth-order valence-electron chi connectivity index (χ4n) is 6.24. The Bertz CT molecular complexity index is 2360. The molecule has 1 aliphatic heterocycles. The van der Waals surface area contributed by atoms with Gasteiger partial charge in [0.25, 0.3) is 11.8 Å². The molecule has 0 saturated heterocycles. The molecule has 0 bridgehead atoms. The van der Waals surface area contributed by atoms with E-state index in [1.165, 1.54) is 23.1 Å². The number of benzene rings is 4. The van der Waals surface area contributed by atoms with Crippen molar-refractivity contribution >= 4 is 63.7 Å². The van der Waals surface area contributed by atoms with Gasteiger partial charge in [-0.1, -0.05) is 92.7 Å². The highest BCUT2D eigenvalue weighted by atomic mass is 32.2. The largest absolute Gasteiger partial charge is 0.444 e. The molecule has 0 aliphatic carbocycles. The van der Waals surface area contributed by atoms with Crippen molar-refractivity contribution in [1.29, 1.82) is 5.26 Å². The third kappa shape index (κ3) is 10.6. The second-order valence-corrected chi connectivity index (χ2v) is 17.3. The van der Waals surface area contributed by atoms with E-state index >= 15 is 0 Å². The molecule has 0 radical (unpaired) electrons. The van der Waals surface area contributed by atoms with Gasteiger partial charge in [-0.05, 0) is 91.8 Å². The van der Waals surface area contributed by atoms with Crippen LogP contribution in [0.2, 0.25) is 0 Å². The molecule has 6 rings (SSSR count). The van der Waals surface area contributed by atoms with Gasteiger partial charge in [0, 0.05) is 27.6 Å². The molecule has 4 aromatic carbocycles. The van der Waals surface area contributed by atoms with Crippen molar-refractivity contribution in [1.82, 2.24) is 10.2 Å². The highest BCUT2D eigenvalue weighted by molar-refractivity contribution is 8.00. The van der Waals surface area contributed by atoms with E-state index in [0.29, 0.717) is 45.6 Å². The SMILES string of the molecule is CC(C)c1ccc(/C=C(/NC(=O)c2ccccc2)C(=O)Nc2cccc(SC(C(=O)Nc3sc4c(c3C#N)CCN(C(=O)OC(C)(C)C)C4)c3ccccc3)c2)cc1. The molecule has 1 aromatic heterocycles. The lowest BCUT2D eigenvalue weighted by Gasteiger charge is -2.29. The highest BCUT2D eigenvalue weighted by Gasteiger charge is 2.31. The molecule has 0 saturated carbocycles. The maximum atomic E-state index is 14.2. The summed E-state index contributed by atoms with van der Waals surface area (Å²) in [7, 11) is 0. The fourth-order valence-corrected chi connectivity index (χ4v) is 8.54. The molecule has 0 fully saturated rings. The first-order valence-corrected chi connectivity index (χ1v) is 20.6. The van der Waals surface area contributed by atoms with Crippen molar-refractivity contribution in [2.75, 3.05) is 17.2 Å². The number of carbonyl (C=O) groups is 4. The van der Waals surface area contributed by atoms with Crippen LogP contribution in [0.5, 0.6) is 0 Å². The third-order valence-corrected chi connectivity index (χ3v) is 11.6. The molecule has 2 heterocycles. The molecule has 10 nitrogen and oxygen atoms in total. The molecule has 1 aliphatic rings. The van der Waals surface area contributed by atoms with Crippen molar-refractivity contribution in [3.05, 3.63) is 153 Å². The summed E-state index contributed by atoms with van der Waals surface area (Å²) in [6, 6.07) is 35.2. The van der Waals surface area contributed by atoms with Gasteiger partial charge < -0.3 is 25.6 Å². The minimum atomic E-state index is -0.731. The second kappa shape index (κ2) is 18.4. The average Bonchev–Trinajstić information content (AvgIpc) is 3.55. The van der Waals surface area contributed by atoms with Crippen LogP contribution in [0.15, 0.2) is 120 Å². The Morgan fingerprint density at radius 2 is 1.57 bits per heavy atom. The first kappa shape index (κ1) is 41.5. The summed E-state index contributed by atoms with van der Waals surface area (Å²) in [5.74, 6) is -0.936. The summed E-state index contributed by atoms with van der Waals surface area (Å²) >= 11 is 2.59. The van der Waals surface area contributed by atoms with E-state index in [9.17, 15) is 24.4 Å². The van der Waals surface area contributed by atoms with Gasteiger partial charge in [0.1, 0.15) is 27.6 Å². The molecule has 1 atom stereocenters. The van der Waals surface area contributed by atoms with E-state index in [4.69, 9.17) is 4.74 Å². The van der Waals surface area contributed by atoms with Gasteiger partial charge in [0.15, 0.2) is 0 Å². The number of hydrogen-bond donors (Lipinski definition) is 3. The highest BCUT2D eigenvalue weighted by Crippen LogP contribution is 2.41. The number of fused-ring (bicyclic) bond motifs is 1. The Hall–Kier alpha value is -6.16. The van der Waals surface area contributed by atoms with Crippen LogP contribution in [0.1, 0.15) is 88.8 Å². The summed E-state index contributed by atoms with van der Waals surface area (Å²) in [5, 5.41) is 18.6. The van der Waals surface area contributed by atoms with Crippen LogP contribution in [-0.2, 0) is 27.3 Å². The zero-order valence-corrected chi connectivity index (χ0v) is 34.6. The molecular formula is C46H45N5O5S2. The Labute approximate surface area is 347 Å². The number of anilines is 2.